The molecule has 1 aromatic carbocycles. The third-order valence-electron chi connectivity index (χ3n) is 12.5. The summed E-state index contributed by atoms with van der Waals surface area (Å²) in [6.07, 6.45) is -3.96. The first-order valence-corrected chi connectivity index (χ1v) is 20.3. The molecule has 4 aliphatic heterocycles. The van der Waals surface area contributed by atoms with E-state index in [0.29, 0.717) is 24.2 Å². The maximum absolute atomic E-state index is 14.5. The van der Waals surface area contributed by atoms with Crippen LogP contribution in [-0.4, -0.2) is 127 Å². The fourth-order valence-electron chi connectivity index (χ4n) is 9.31. The smallest absolute Gasteiger partial charge is 0.311 e. The maximum atomic E-state index is 14.5. The largest absolute Gasteiger partial charge is 0.458 e. The van der Waals surface area contributed by atoms with Gasteiger partial charge in [0.1, 0.15) is 29.3 Å². The molecule has 0 radical (unpaired) electrons. The number of amides is 1. The molecule has 1 amide bonds. The number of ether oxygens (including phenoxy) is 6. The van der Waals surface area contributed by atoms with Crippen LogP contribution in [0.4, 0.5) is 5.69 Å². The lowest BCUT2D eigenvalue weighted by Crippen LogP contribution is -2.60. The molecular formula is C42H63N3O12. The number of nitrogens with zero attached hydrogens (tertiary/aromatic N) is 2. The van der Waals surface area contributed by atoms with Gasteiger partial charge < -0.3 is 48.6 Å². The number of benzene rings is 1. The zero-order chi connectivity index (χ0) is 41.8. The summed E-state index contributed by atoms with van der Waals surface area (Å²) >= 11 is 0. The summed E-state index contributed by atoms with van der Waals surface area (Å²) in [4.78, 5) is 61.8. The fraction of sp³-hybridized carbons (Fsp3) is 0.738. The number of cyclic esters (lactones) is 1. The average Bonchev–Trinajstić information content (AvgIpc) is 3.49. The van der Waals surface area contributed by atoms with Crippen LogP contribution in [0, 0.1) is 29.6 Å². The predicted molar refractivity (Wildman–Crippen MR) is 209 cm³/mol. The minimum atomic E-state index is -1.28. The van der Waals surface area contributed by atoms with Crippen LogP contribution in [0.1, 0.15) is 81.1 Å². The van der Waals surface area contributed by atoms with Crippen LogP contribution in [0.3, 0.4) is 0 Å². The van der Waals surface area contributed by atoms with Crippen molar-refractivity contribution in [1.82, 2.24) is 4.90 Å². The van der Waals surface area contributed by atoms with Crippen molar-refractivity contribution in [3.8, 4) is 0 Å². The molecule has 2 bridgehead atoms. The Bertz CT molecular complexity index is 1610. The van der Waals surface area contributed by atoms with E-state index in [1.807, 2.05) is 59.7 Å². The first-order valence-electron chi connectivity index (χ1n) is 20.3. The van der Waals surface area contributed by atoms with Gasteiger partial charge >= 0.3 is 11.9 Å². The number of hydrogen-bond acceptors (Lipinski definition) is 14. The number of likely N-dealkylation sites (N-methyl/N-ethyl adjacent to an activating group) is 1. The van der Waals surface area contributed by atoms with Crippen molar-refractivity contribution >= 4 is 35.0 Å². The molecule has 14 atom stereocenters. The Hall–Kier alpha value is -3.47. The molecule has 2 N–H and O–H groups in total. The first-order chi connectivity index (χ1) is 26.9. The van der Waals surface area contributed by atoms with E-state index < -0.39 is 96.0 Å². The van der Waals surface area contributed by atoms with Gasteiger partial charge in [-0.25, -0.2) is 0 Å². The van der Waals surface area contributed by atoms with Gasteiger partial charge in [-0.3, -0.25) is 19.2 Å². The number of carbonyl (C=O) groups is 4. The number of carbonyl (C=O) groups excluding carboxylic acids is 4. The van der Waals surface area contributed by atoms with Gasteiger partial charge in [0.2, 0.25) is 0 Å². The van der Waals surface area contributed by atoms with Crippen molar-refractivity contribution in [2.75, 3.05) is 39.2 Å². The summed E-state index contributed by atoms with van der Waals surface area (Å²) in [6, 6.07) is 8.68. The normalized spacial score (nSPS) is 40.3. The Morgan fingerprint density at radius 1 is 1.04 bits per heavy atom. The molecule has 0 spiro atoms. The van der Waals surface area contributed by atoms with Crippen molar-refractivity contribution < 1.29 is 57.5 Å². The number of rotatable bonds is 8. The standard InChI is InChI=1S/C42H63N3O12/c1-11-32-42(8)30(18-34(47)57-42)25(4)35(48)23(2)19-41(7)38(56-40-36(49)31(45(9)10)17-24(3)54-40)26(5)37(27(6)39(50)55-32)51-20-29(21-52-41)44-53-22-33(46)43-28-15-13-12-14-16-28/h12-16,23-27,30-32,36-38,40,49H,11,17-22H2,1-10H3,(H,43,46)/b44-29-/t23-,24-,25-,26+,27-,30+,31+,32-,36-,37+,38-,40+,41-,42+/m1/s1. The van der Waals surface area contributed by atoms with E-state index in [-0.39, 0.29) is 44.0 Å². The van der Waals surface area contributed by atoms with Crippen molar-refractivity contribution in [3.63, 3.8) is 0 Å². The van der Waals surface area contributed by atoms with Gasteiger partial charge in [0.25, 0.3) is 5.91 Å². The SMILES string of the molecule is CC[C@H]1OC(=O)[C@H](C)[C@H]2OC/C(=N/OCC(=O)Nc3ccccc3)CO[C@](C)(C[C@@H](C)C(=O)[C@H](C)[C@@H]3CC(=O)O[C@]13C)[C@H](O[C@@H]1O[C@H](C)C[C@H](N(C)C)[C@H]1O)[C@H]2C. The van der Waals surface area contributed by atoms with Crippen LogP contribution >= 0.6 is 0 Å². The molecule has 5 rings (SSSR count). The number of Topliss-reactive ketones (excluding diaryl/α,β-unsaturated/α-hetero) is 1. The highest BCUT2D eigenvalue weighted by molar-refractivity contribution is 5.92. The van der Waals surface area contributed by atoms with Crippen LogP contribution in [-0.2, 0) is 52.4 Å². The number of hydrogen-bond donors (Lipinski definition) is 2. The Kier molecular flexibility index (Phi) is 14.6. The number of para-hydroxylation sites is 1. The van der Waals surface area contributed by atoms with Gasteiger partial charge in [-0.15, -0.1) is 0 Å². The van der Waals surface area contributed by atoms with E-state index in [2.05, 4.69) is 10.5 Å². The third kappa shape index (κ3) is 10.0. The molecule has 318 valence electrons. The first kappa shape index (κ1) is 44.6. The minimum absolute atomic E-state index is 0.00728. The number of fused-ring (bicyclic) bond motifs is 4. The Labute approximate surface area is 336 Å². The highest BCUT2D eigenvalue weighted by Crippen LogP contribution is 2.46. The molecule has 4 heterocycles. The third-order valence-corrected chi connectivity index (χ3v) is 12.5. The molecule has 0 saturated carbocycles. The second-order valence-electron chi connectivity index (χ2n) is 17.1. The number of nitrogens with one attached hydrogen (secondary N) is 1. The molecule has 0 unspecified atom stereocenters. The van der Waals surface area contributed by atoms with Crippen molar-refractivity contribution in [2.45, 2.75) is 135 Å². The number of anilines is 1. The Balaban J connectivity index is 1.56. The Morgan fingerprint density at radius 2 is 1.74 bits per heavy atom. The summed E-state index contributed by atoms with van der Waals surface area (Å²) in [5.41, 5.74) is -1.62. The lowest BCUT2D eigenvalue weighted by atomic mass is 9.70. The quantitative estimate of drug-likeness (QED) is 0.283. The zero-order valence-corrected chi connectivity index (χ0v) is 35.1. The number of aliphatic hydroxyl groups excluding tert-OH is 1. The van der Waals surface area contributed by atoms with E-state index in [0.717, 1.165) is 0 Å². The van der Waals surface area contributed by atoms with Crippen LogP contribution < -0.4 is 5.32 Å². The van der Waals surface area contributed by atoms with Gasteiger partial charge in [-0.2, -0.15) is 0 Å². The molecule has 57 heavy (non-hydrogen) atoms. The number of oxime groups is 1. The molecule has 15 heteroatoms. The van der Waals surface area contributed by atoms with Crippen LogP contribution in [0.25, 0.3) is 0 Å². The highest BCUT2D eigenvalue weighted by atomic mass is 16.7. The van der Waals surface area contributed by atoms with E-state index in [1.165, 1.54) is 0 Å². The van der Waals surface area contributed by atoms with E-state index in [9.17, 15) is 24.3 Å². The van der Waals surface area contributed by atoms with Gasteiger partial charge in [0, 0.05) is 35.4 Å². The molecule has 4 aliphatic rings. The lowest BCUT2D eigenvalue weighted by Gasteiger charge is -2.48. The van der Waals surface area contributed by atoms with E-state index in [1.54, 1.807) is 45.0 Å². The maximum Gasteiger partial charge on any atom is 0.311 e. The molecule has 4 fully saturated rings. The summed E-state index contributed by atoms with van der Waals surface area (Å²) < 4.78 is 38.7. The van der Waals surface area contributed by atoms with Gasteiger partial charge in [-0.05, 0) is 73.2 Å². The summed E-state index contributed by atoms with van der Waals surface area (Å²) in [6.45, 7) is 13.9. The number of aliphatic hydroxyl groups is 1. The molecule has 15 nitrogen and oxygen atoms in total. The Morgan fingerprint density at radius 3 is 2.40 bits per heavy atom. The zero-order valence-electron chi connectivity index (χ0n) is 35.1. The van der Waals surface area contributed by atoms with Gasteiger partial charge in [0.05, 0.1) is 49.5 Å². The molecular weight excluding hydrogens is 738 g/mol. The van der Waals surface area contributed by atoms with Gasteiger partial charge in [0.15, 0.2) is 12.9 Å². The molecule has 0 aliphatic carbocycles. The summed E-state index contributed by atoms with van der Waals surface area (Å²) in [5, 5.41) is 18.7. The monoisotopic (exact) mass is 801 g/mol. The molecule has 0 aromatic heterocycles. The van der Waals surface area contributed by atoms with Gasteiger partial charge in [-0.1, -0.05) is 51.0 Å². The van der Waals surface area contributed by atoms with Crippen molar-refractivity contribution in [1.29, 1.82) is 0 Å². The summed E-state index contributed by atoms with van der Waals surface area (Å²) in [5.74, 6) is -4.91. The highest BCUT2D eigenvalue weighted by Gasteiger charge is 2.57. The van der Waals surface area contributed by atoms with E-state index >= 15 is 0 Å². The number of ketones is 1. The van der Waals surface area contributed by atoms with Crippen molar-refractivity contribution in [2.24, 2.45) is 34.7 Å². The van der Waals surface area contributed by atoms with Crippen molar-refractivity contribution in [3.05, 3.63) is 30.3 Å². The molecule has 4 saturated heterocycles. The fourth-order valence-corrected chi connectivity index (χ4v) is 9.31. The minimum Gasteiger partial charge on any atom is -0.458 e. The van der Waals surface area contributed by atoms with Crippen LogP contribution in [0.5, 0.6) is 0 Å². The predicted octanol–water partition coefficient (Wildman–Crippen LogP) is 4.14. The molecule has 1 aromatic rings. The van der Waals surface area contributed by atoms with E-state index in [4.69, 9.17) is 33.3 Å². The number of esters is 2. The topological polar surface area (TPSA) is 181 Å². The lowest BCUT2D eigenvalue weighted by molar-refractivity contribution is -0.302. The second kappa shape index (κ2) is 18.6. The second-order valence-corrected chi connectivity index (χ2v) is 17.1. The van der Waals surface area contributed by atoms with Crippen LogP contribution in [0.2, 0.25) is 0 Å². The summed E-state index contributed by atoms with van der Waals surface area (Å²) in [7, 11) is 3.78. The average molecular weight is 802 g/mol. The van der Waals surface area contributed by atoms with Crippen LogP contribution in [0.15, 0.2) is 35.5 Å².